The highest BCUT2D eigenvalue weighted by molar-refractivity contribution is 6.42. The molecule has 2 aromatic rings. The molecule has 0 aliphatic rings. The van der Waals surface area contributed by atoms with Crippen molar-refractivity contribution in [2.75, 3.05) is 0 Å². The number of carbonyl (C=O) groups is 1. The Balaban J connectivity index is 2.03. The Morgan fingerprint density at radius 1 is 1.00 bits per heavy atom. The summed E-state index contributed by atoms with van der Waals surface area (Å²) in [6.45, 7) is 0.402. The predicted octanol–water partition coefficient (Wildman–Crippen LogP) is 4.58. The molecule has 0 aromatic heterocycles. The van der Waals surface area contributed by atoms with Crippen LogP contribution in [0.5, 0.6) is 0 Å². The van der Waals surface area contributed by atoms with Crippen LogP contribution < -0.4 is 5.32 Å². The van der Waals surface area contributed by atoms with Crippen LogP contribution in [0.4, 0.5) is 0 Å². The second-order valence-electron chi connectivity index (χ2n) is 3.94. The van der Waals surface area contributed by atoms with E-state index in [1.54, 1.807) is 24.3 Å². The molecule has 0 saturated heterocycles. The zero-order chi connectivity index (χ0) is 13.8. The molecule has 0 bridgehead atoms. The molecule has 0 aliphatic carbocycles. The van der Waals surface area contributed by atoms with E-state index in [1.807, 2.05) is 12.1 Å². The maximum atomic E-state index is 11.9. The summed E-state index contributed by atoms with van der Waals surface area (Å²) in [5.41, 5.74) is 1.40. The van der Waals surface area contributed by atoms with Gasteiger partial charge < -0.3 is 5.32 Å². The molecule has 0 spiro atoms. The third-order valence-electron chi connectivity index (χ3n) is 2.52. The van der Waals surface area contributed by atoms with Gasteiger partial charge in [0.05, 0.1) is 10.0 Å². The van der Waals surface area contributed by atoms with Gasteiger partial charge in [-0.05, 0) is 35.9 Å². The summed E-state index contributed by atoms with van der Waals surface area (Å²) in [4.78, 5) is 11.9. The molecule has 0 unspecified atom stereocenters. The molecule has 0 fully saturated rings. The smallest absolute Gasteiger partial charge is 0.251 e. The first-order valence-corrected chi connectivity index (χ1v) is 6.67. The van der Waals surface area contributed by atoms with Gasteiger partial charge >= 0.3 is 0 Å². The fourth-order valence-corrected chi connectivity index (χ4v) is 2.08. The summed E-state index contributed by atoms with van der Waals surface area (Å²) in [6, 6.07) is 12.1. The molecule has 0 atom stereocenters. The van der Waals surface area contributed by atoms with Crippen molar-refractivity contribution >= 4 is 40.7 Å². The minimum Gasteiger partial charge on any atom is -0.348 e. The van der Waals surface area contributed by atoms with Crippen LogP contribution in [0.15, 0.2) is 42.5 Å². The summed E-state index contributed by atoms with van der Waals surface area (Å²) in [7, 11) is 0. The van der Waals surface area contributed by atoms with Crippen molar-refractivity contribution < 1.29 is 4.79 Å². The fraction of sp³-hybridized carbons (Fsp3) is 0.0714. The molecule has 2 nitrogen and oxygen atoms in total. The molecule has 0 saturated carbocycles. The Morgan fingerprint density at radius 2 is 1.79 bits per heavy atom. The molecule has 0 heterocycles. The summed E-state index contributed by atoms with van der Waals surface area (Å²) >= 11 is 17.5. The molecule has 2 aromatic carbocycles. The Bertz CT molecular complexity index is 613. The van der Waals surface area contributed by atoms with E-state index >= 15 is 0 Å². The number of rotatable bonds is 3. The van der Waals surface area contributed by atoms with E-state index < -0.39 is 0 Å². The van der Waals surface area contributed by atoms with E-state index in [9.17, 15) is 4.79 Å². The first-order valence-electron chi connectivity index (χ1n) is 5.54. The van der Waals surface area contributed by atoms with E-state index in [0.29, 0.717) is 27.2 Å². The third-order valence-corrected chi connectivity index (χ3v) is 3.50. The van der Waals surface area contributed by atoms with Crippen LogP contribution in [0.2, 0.25) is 15.1 Å². The minimum atomic E-state index is -0.210. The van der Waals surface area contributed by atoms with Crippen molar-refractivity contribution in [1.29, 1.82) is 0 Å². The number of nitrogens with one attached hydrogen (secondary N) is 1. The highest BCUT2D eigenvalue weighted by Gasteiger charge is 2.07. The topological polar surface area (TPSA) is 29.1 Å². The van der Waals surface area contributed by atoms with Gasteiger partial charge in [-0.2, -0.15) is 0 Å². The number of hydrogen-bond acceptors (Lipinski definition) is 1. The second kappa shape index (κ2) is 6.29. The van der Waals surface area contributed by atoms with Gasteiger partial charge in [-0.15, -0.1) is 0 Å². The van der Waals surface area contributed by atoms with Crippen LogP contribution in [0.3, 0.4) is 0 Å². The quantitative estimate of drug-likeness (QED) is 0.883. The number of halogens is 3. The summed E-state index contributed by atoms with van der Waals surface area (Å²) < 4.78 is 0. The van der Waals surface area contributed by atoms with Crippen LogP contribution in [0, 0.1) is 0 Å². The van der Waals surface area contributed by atoms with Crippen molar-refractivity contribution in [3.63, 3.8) is 0 Å². The molecule has 19 heavy (non-hydrogen) atoms. The van der Waals surface area contributed by atoms with E-state index in [2.05, 4.69) is 5.32 Å². The minimum absolute atomic E-state index is 0.210. The van der Waals surface area contributed by atoms with Crippen molar-refractivity contribution in [2.45, 2.75) is 6.54 Å². The van der Waals surface area contributed by atoms with E-state index in [0.717, 1.165) is 5.56 Å². The largest absolute Gasteiger partial charge is 0.348 e. The molecule has 5 heteroatoms. The number of carbonyl (C=O) groups excluding carboxylic acids is 1. The Morgan fingerprint density at radius 3 is 2.47 bits per heavy atom. The van der Waals surface area contributed by atoms with Crippen molar-refractivity contribution in [3.05, 3.63) is 68.7 Å². The maximum absolute atomic E-state index is 11.9. The number of hydrogen-bond donors (Lipinski definition) is 1. The molecule has 0 aliphatic heterocycles. The second-order valence-corrected chi connectivity index (χ2v) is 5.19. The highest BCUT2D eigenvalue weighted by atomic mass is 35.5. The Hall–Kier alpha value is -1.22. The van der Waals surface area contributed by atoms with Gasteiger partial charge in [0.2, 0.25) is 0 Å². The molecule has 1 amide bonds. The van der Waals surface area contributed by atoms with Gasteiger partial charge in [0.1, 0.15) is 0 Å². The fourth-order valence-electron chi connectivity index (χ4n) is 1.57. The van der Waals surface area contributed by atoms with Gasteiger partial charge in [-0.3, -0.25) is 4.79 Å². The lowest BCUT2D eigenvalue weighted by atomic mass is 10.2. The molecular weight excluding hydrogens is 305 g/mol. The van der Waals surface area contributed by atoms with Crippen LogP contribution in [-0.2, 0) is 6.54 Å². The van der Waals surface area contributed by atoms with Crippen LogP contribution in [0.25, 0.3) is 0 Å². The average molecular weight is 315 g/mol. The molecule has 98 valence electrons. The first kappa shape index (κ1) is 14.2. The lowest BCUT2D eigenvalue weighted by Gasteiger charge is -2.06. The van der Waals surface area contributed by atoms with Crippen molar-refractivity contribution in [2.24, 2.45) is 0 Å². The Labute approximate surface area is 126 Å². The molecule has 2 rings (SSSR count). The van der Waals surface area contributed by atoms with Crippen LogP contribution in [-0.4, -0.2) is 5.91 Å². The normalized spacial score (nSPS) is 10.3. The third kappa shape index (κ3) is 3.87. The molecular formula is C14H10Cl3NO. The summed E-state index contributed by atoms with van der Waals surface area (Å²) in [5, 5.41) is 4.21. The van der Waals surface area contributed by atoms with E-state index in [-0.39, 0.29) is 5.91 Å². The zero-order valence-electron chi connectivity index (χ0n) is 9.79. The Kier molecular flexibility index (Phi) is 4.70. The van der Waals surface area contributed by atoms with Gasteiger partial charge in [-0.25, -0.2) is 0 Å². The van der Waals surface area contributed by atoms with Gasteiger partial charge in [0.25, 0.3) is 5.91 Å². The number of benzene rings is 2. The SMILES string of the molecule is O=C(NCc1cccc(Cl)c1)c1ccc(Cl)c(Cl)c1. The van der Waals surface area contributed by atoms with E-state index in [1.165, 1.54) is 6.07 Å². The van der Waals surface area contributed by atoms with Gasteiger partial charge in [0, 0.05) is 17.1 Å². The monoisotopic (exact) mass is 313 g/mol. The lowest BCUT2D eigenvalue weighted by Crippen LogP contribution is -2.22. The molecule has 0 radical (unpaired) electrons. The van der Waals surface area contributed by atoms with Crippen LogP contribution in [0.1, 0.15) is 15.9 Å². The van der Waals surface area contributed by atoms with E-state index in [4.69, 9.17) is 34.8 Å². The van der Waals surface area contributed by atoms with Gasteiger partial charge in [-0.1, -0.05) is 46.9 Å². The van der Waals surface area contributed by atoms with Gasteiger partial charge in [0.15, 0.2) is 0 Å². The predicted molar refractivity (Wildman–Crippen MR) is 79.1 cm³/mol. The first-order chi connectivity index (χ1) is 9.06. The zero-order valence-corrected chi connectivity index (χ0v) is 12.1. The summed E-state index contributed by atoms with van der Waals surface area (Å²) in [6.07, 6.45) is 0. The molecule has 1 N–H and O–H groups in total. The van der Waals surface area contributed by atoms with Crippen molar-refractivity contribution in [3.8, 4) is 0 Å². The highest BCUT2D eigenvalue weighted by Crippen LogP contribution is 2.22. The summed E-state index contributed by atoms with van der Waals surface area (Å²) in [5.74, 6) is -0.210. The van der Waals surface area contributed by atoms with Crippen LogP contribution >= 0.6 is 34.8 Å². The number of amides is 1. The average Bonchev–Trinajstić information content (AvgIpc) is 2.39. The lowest BCUT2D eigenvalue weighted by molar-refractivity contribution is 0.0951. The standard InChI is InChI=1S/C14H10Cl3NO/c15-11-3-1-2-9(6-11)8-18-14(19)10-4-5-12(16)13(17)7-10/h1-7H,8H2,(H,18,19). The van der Waals surface area contributed by atoms with Crippen molar-refractivity contribution in [1.82, 2.24) is 5.32 Å². The maximum Gasteiger partial charge on any atom is 0.251 e.